The van der Waals surface area contributed by atoms with E-state index in [0.717, 1.165) is 16.2 Å². The quantitative estimate of drug-likeness (QED) is 0.553. The largest absolute Gasteiger partial charge is 0.442 e. The number of alkyl halides is 1. The summed E-state index contributed by atoms with van der Waals surface area (Å²) < 4.78 is 11.0. The number of amides is 4. The van der Waals surface area contributed by atoms with Crippen LogP contribution >= 0.6 is 34.5 Å². The van der Waals surface area contributed by atoms with Gasteiger partial charge in [-0.25, -0.2) is 4.79 Å². The molecule has 1 atom stereocenters. The molecular weight excluding hydrogens is 493 g/mol. The molecule has 0 saturated carbocycles. The number of carbonyl (C=O) groups excluding carboxylic acids is 4. The first-order valence-electron chi connectivity index (χ1n) is 9.99. The number of morpholine rings is 1. The topological polar surface area (TPSA) is 96.5 Å². The van der Waals surface area contributed by atoms with E-state index in [-0.39, 0.29) is 30.5 Å². The number of halogens is 2. The molecule has 2 saturated heterocycles. The maximum absolute atomic E-state index is 12.8. The SMILES string of the molecule is O=C(CCl)N(CC1CN(c2ccc(N3CCOCC3=O)cc2)C(=O)O1)C(=O)c1ccc(Cl)s1. The minimum absolute atomic E-state index is 0.0375. The first-order chi connectivity index (χ1) is 15.9. The van der Waals surface area contributed by atoms with E-state index in [1.165, 1.54) is 11.0 Å². The number of carbonyl (C=O) groups is 4. The molecule has 33 heavy (non-hydrogen) atoms. The number of thiophene rings is 1. The standard InChI is InChI=1S/C21H19Cl2N3O6S/c22-9-18(27)26(20(29)16-5-6-17(23)33-16)11-15-10-25(21(30)32-15)14-3-1-13(2-4-14)24-7-8-31-12-19(24)28/h1-6,15H,7-12H2. The Kier molecular flexibility index (Phi) is 7.18. The van der Waals surface area contributed by atoms with Gasteiger partial charge in [-0.1, -0.05) is 11.6 Å². The maximum atomic E-state index is 12.8. The Bertz CT molecular complexity index is 1080. The fourth-order valence-corrected chi connectivity index (χ4v) is 4.70. The summed E-state index contributed by atoms with van der Waals surface area (Å²) in [6.45, 7) is 0.957. The number of benzene rings is 1. The predicted molar refractivity (Wildman–Crippen MR) is 123 cm³/mol. The average molecular weight is 512 g/mol. The van der Waals surface area contributed by atoms with E-state index in [9.17, 15) is 19.2 Å². The van der Waals surface area contributed by atoms with Gasteiger partial charge >= 0.3 is 6.09 Å². The molecule has 1 aromatic carbocycles. The molecule has 0 spiro atoms. The molecule has 9 nitrogen and oxygen atoms in total. The summed E-state index contributed by atoms with van der Waals surface area (Å²) in [5.74, 6) is -1.67. The summed E-state index contributed by atoms with van der Waals surface area (Å²) in [6.07, 6.45) is -1.33. The zero-order valence-corrected chi connectivity index (χ0v) is 19.6. The zero-order chi connectivity index (χ0) is 23.5. The fraction of sp³-hybridized carbons (Fsp3) is 0.333. The highest BCUT2D eigenvalue weighted by molar-refractivity contribution is 7.18. The number of hydrogen-bond acceptors (Lipinski definition) is 7. The Morgan fingerprint density at radius 2 is 1.79 bits per heavy atom. The second kappa shape index (κ2) is 10.1. The molecule has 4 amide bonds. The molecule has 1 unspecified atom stereocenters. The van der Waals surface area contributed by atoms with Crippen LogP contribution in [-0.4, -0.2) is 73.5 Å². The van der Waals surface area contributed by atoms with Gasteiger partial charge in [0.2, 0.25) is 5.91 Å². The summed E-state index contributed by atoms with van der Waals surface area (Å²) in [5, 5.41) is 0. The van der Waals surface area contributed by atoms with Crippen LogP contribution in [-0.2, 0) is 19.1 Å². The highest BCUT2D eigenvalue weighted by atomic mass is 35.5. The van der Waals surface area contributed by atoms with Crippen LogP contribution < -0.4 is 9.80 Å². The van der Waals surface area contributed by atoms with Gasteiger partial charge in [0.25, 0.3) is 11.8 Å². The van der Waals surface area contributed by atoms with Gasteiger partial charge in [0.15, 0.2) is 0 Å². The monoisotopic (exact) mass is 511 g/mol. The van der Waals surface area contributed by atoms with E-state index in [2.05, 4.69) is 0 Å². The number of rotatable bonds is 6. The van der Waals surface area contributed by atoms with Crippen molar-refractivity contribution >= 4 is 69.7 Å². The van der Waals surface area contributed by atoms with Crippen LogP contribution in [0.2, 0.25) is 4.34 Å². The third-order valence-electron chi connectivity index (χ3n) is 5.16. The second-order valence-corrected chi connectivity index (χ2v) is 9.26. The van der Waals surface area contributed by atoms with E-state index in [1.807, 2.05) is 0 Å². The molecule has 2 aromatic rings. The molecule has 12 heteroatoms. The van der Waals surface area contributed by atoms with Crippen LogP contribution in [0.15, 0.2) is 36.4 Å². The molecule has 0 N–H and O–H groups in total. The zero-order valence-electron chi connectivity index (χ0n) is 17.2. The molecule has 2 aliphatic heterocycles. The van der Waals surface area contributed by atoms with Crippen LogP contribution in [0.25, 0.3) is 0 Å². The van der Waals surface area contributed by atoms with E-state index < -0.39 is 29.9 Å². The summed E-state index contributed by atoms with van der Waals surface area (Å²) in [4.78, 5) is 53.9. The van der Waals surface area contributed by atoms with Gasteiger partial charge in [0.1, 0.15) is 18.6 Å². The Labute approximate surface area is 203 Å². The van der Waals surface area contributed by atoms with Gasteiger partial charge in [-0.15, -0.1) is 22.9 Å². The van der Waals surface area contributed by atoms with Crippen molar-refractivity contribution in [1.29, 1.82) is 0 Å². The lowest BCUT2D eigenvalue weighted by Gasteiger charge is -2.27. The van der Waals surface area contributed by atoms with Gasteiger partial charge in [-0.05, 0) is 36.4 Å². The van der Waals surface area contributed by atoms with Gasteiger partial charge in [0.05, 0.1) is 28.9 Å². The Morgan fingerprint density at radius 3 is 2.39 bits per heavy atom. The molecule has 0 radical (unpaired) electrons. The highest BCUT2D eigenvalue weighted by Crippen LogP contribution is 2.27. The lowest BCUT2D eigenvalue weighted by Crippen LogP contribution is -2.43. The summed E-state index contributed by atoms with van der Waals surface area (Å²) in [6, 6.07) is 10.00. The van der Waals surface area contributed by atoms with E-state index in [4.69, 9.17) is 32.7 Å². The summed E-state index contributed by atoms with van der Waals surface area (Å²) in [7, 11) is 0. The van der Waals surface area contributed by atoms with Crippen molar-refractivity contribution in [2.75, 3.05) is 48.5 Å². The lowest BCUT2D eigenvalue weighted by atomic mass is 10.2. The number of ether oxygens (including phenoxy) is 2. The van der Waals surface area contributed by atoms with Crippen molar-refractivity contribution in [3.05, 3.63) is 45.6 Å². The fourth-order valence-electron chi connectivity index (χ4n) is 3.57. The first-order valence-corrected chi connectivity index (χ1v) is 11.7. The van der Waals surface area contributed by atoms with E-state index >= 15 is 0 Å². The molecule has 3 heterocycles. The van der Waals surface area contributed by atoms with Gasteiger partial charge in [-0.2, -0.15) is 0 Å². The molecule has 2 fully saturated rings. The Morgan fingerprint density at radius 1 is 1.09 bits per heavy atom. The molecule has 174 valence electrons. The molecule has 0 bridgehead atoms. The van der Waals surface area contributed by atoms with Crippen LogP contribution in [0.1, 0.15) is 9.67 Å². The summed E-state index contributed by atoms with van der Waals surface area (Å²) in [5.41, 5.74) is 1.27. The van der Waals surface area contributed by atoms with Crippen LogP contribution in [0.4, 0.5) is 16.2 Å². The van der Waals surface area contributed by atoms with Crippen molar-refractivity contribution < 1.29 is 28.7 Å². The molecule has 2 aliphatic rings. The second-order valence-electron chi connectivity index (χ2n) is 7.28. The first kappa shape index (κ1) is 23.5. The van der Waals surface area contributed by atoms with Gasteiger partial charge in [-0.3, -0.25) is 24.2 Å². The minimum atomic E-state index is -0.732. The van der Waals surface area contributed by atoms with Crippen molar-refractivity contribution in [3.8, 4) is 0 Å². The molecule has 1 aromatic heterocycles. The number of nitrogens with zero attached hydrogens (tertiary/aromatic N) is 3. The molecule has 4 rings (SSSR count). The highest BCUT2D eigenvalue weighted by Gasteiger charge is 2.36. The number of cyclic esters (lactones) is 1. The van der Waals surface area contributed by atoms with Crippen LogP contribution in [0, 0.1) is 0 Å². The summed E-state index contributed by atoms with van der Waals surface area (Å²) >= 11 is 12.6. The van der Waals surface area contributed by atoms with E-state index in [1.54, 1.807) is 35.2 Å². The third kappa shape index (κ3) is 5.14. The van der Waals surface area contributed by atoms with Crippen LogP contribution in [0.3, 0.4) is 0 Å². The lowest BCUT2D eigenvalue weighted by molar-refractivity contribution is -0.127. The Balaban J connectivity index is 1.45. The average Bonchev–Trinajstić information content (AvgIpc) is 3.42. The Hall–Kier alpha value is -2.66. The van der Waals surface area contributed by atoms with Gasteiger partial charge < -0.3 is 14.4 Å². The van der Waals surface area contributed by atoms with Crippen LogP contribution in [0.5, 0.6) is 0 Å². The molecule has 0 aliphatic carbocycles. The predicted octanol–water partition coefficient (Wildman–Crippen LogP) is 3.00. The van der Waals surface area contributed by atoms with Crippen molar-refractivity contribution in [3.63, 3.8) is 0 Å². The van der Waals surface area contributed by atoms with Crippen molar-refractivity contribution in [2.24, 2.45) is 0 Å². The normalized spacial score (nSPS) is 18.4. The van der Waals surface area contributed by atoms with Crippen molar-refractivity contribution in [1.82, 2.24) is 4.90 Å². The van der Waals surface area contributed by atoms with Gasteiger partial charge in [0, 0.05) is 17.9 Å². The minimum Gasteiger partial charge on any atom is -0.442 e. The number of imide groups is 1. The smallest absolute Gasteiger partial charge is 0.414 e. The maximum Gasteiger partial charge on any atom is 0.414 e. The number of hydrogen-bond donors (Lipinski definition) is 0. The van der Waals surface area contributed by atoms with E-state index in [0.29, 0.717) is 28.9 Å². The van der Waals surface area contributed by atoms with Crippen molar-refractivity contribution in [2.45, 2.75) is 6.10 Å². The number of anilines is 2. The third-order valence-corrected chi connectivity index (χ3v) is 6.61. The molecular formula is C21H19Cl2N3O6S.